The van der Waals surface area contributed by atoms with Gasteiger partial charge in [0.2, 0.25) is 0 Å². The summed E-state index contributed by atoms with van der Waals surface area (Å²) in [5.74, 6) is 0.239. The summed E-state index contributed by atoms with van der Waals surface area (Å²) < 4.78 is 3.32. The maximum Gasteiger partial charge on any atom is 0.128 e. The fourth-order valence-electron chi connectivity index (χ4n) is 4.03. The molecule has 0 spiro atoms. The van der Waals surface area contributed by atoms with E-state index in [1.54, 1.807) is 11.3 Å². The predicted octanol–water partition coefficient (Wildman–Crippen LogP) is 6.77. The second-order valence-electron chi connectivity index (χ2n) is 7.06. The van der Waals surface area contributed by atoms with Crippen LogP contribution in [-0.4, -0.2) is 14.7 Å². The Labute approximate surface area is 171 Å². The number of thiazole rings is 1. The Bertz CT molecular complexity index is 1440. The Kier molecular flexibility index (Phi) is 3.49. The van der Waals surface area contributed by atoms with Crippen LogP contribution in [0, 0.1) is 0 Å². The van der Waals surface area contributed by atoms with Crippen LogP contribution in [0.25, 0.3) is 48.3 Å². The molecule has 0 radical (unpaired) electrons. The van der Waals surface area contributed by atoms with Gasteiger partial charge in [-0.2, -0.15) is 0 Å². The molecule has 0 bridgehead atoms. The molecule has 0 fully saturated rings. The highest BCUT2D eigenvalue weighted by Gasteiger charge is 2.15. The smallest absolute Gasteiger partial charge is 0.128 e. The number of aromatic nitrogens is 2. The number of para-hydroxylation sites is 3. The number of rotatable bonds is 2. The van der Waals surface area contributed by atoms with Crippen molar-refractivity contribution >= 4 is 43.4 Å². The molecule has 0 aliphatic heterocycles. The third-order valence-corrected chi connectivity index (χ3v) is 6.41. The fraction of sp³-hybridized carbons (Fsp3) is 0. The van der Waals surface area contributed by atoms with E-state index < -0.39 is 0 Å². The average molecular weight is 392 g/mol. The van der Waals surface area contributed by atoms with E-state index in [4.69, 9.17) is 0 Å². The number of fused-ring (bicyclic) bond motifs is 4. The van der Waals surface area contributed by atoms with E-state index in [2.05, 4.69) is 58.1 Å². The molecule has 0 atom stereocenters. The van der Waals surface area contributed by atoms with Crippen LogP contribution in [-0.2, 0) is 0 Å². The van der Waals surface area contributed by atoms with E-state index in [-0.39, 0.29) is 5.75 Å². The van der Waals surface area contributed by atoms with Crippen LogP contribution in [0.5, 0.6) is 5.75 Å². The third kappa shape index (κ3) is 2.46. The van der Waals surface area contributed by atoms with Gasteiger partial charge in [0, 0.05) is 22.5 Å². The summed E-state index contributed by atoms with van der Waals surface area (Å²) in [6.07, 6.45) is 0. The van der Waals surface area contributed by atoms with Crippen molar-refractivity contribution in [3.8, 4) is 22.0 Å². The van der Waals surface area contributed by atoms with Crippen LogP contribution in [0.4, 0.5) is 0 Å². The SMILES string of the molecule is Oc1cc(-n2c3ccccc3c3ccccc32)ccc1-c1nc2ccccc2s1. The molecule has 0 amide bonds. The molecule has 0 aliphatic rings. The summed E-state index contributed by atoms with van der Waals surface area (Å²) in [7, 11) is 0. The van der Waals surface area contributed by atoms with Gasteiger partial charge >= 0.3 is 0 Å². The average Bonchev–Trinajstić information content (AvgIpc) is 3.33. The Balaban J connectivity index is 1.56. The normalized spacial score (nSPS) is 11.6. The highest BCUT2D eigenvalue weighted by molar-refractivity contribution is 7.21. The molecular formula is C25H16N2OS. The summed E-state index contributed by atoms with van der Waals surface area (Å²) >= 11 is 1.60. The van der Waals surface area contributed by atoms with Crippen molar-refractivity contribution < 1.29 is 5.11 Å². The van der Waals surface area contributed by atoms with E-state index in [1.165, 1.54) is 10.8 Å². The molecule has 0 saturated heterocycles. The number of phenolic OH excluding ortho intramolecular Hbond substituents is 1. The van der Waals surface area contributed by atoms with E-state index in [0.29, 0.717) is 0 Å². The van der Waals surface area contributed by atoms with E-state index >= 15 is 0 Å². The molecule has 0 aliphatic carbocycles. The lowest BCUT2D eigenvalue weighted by molar-refractivity contribution is 0.477. The molecule has 138 valence electrons. The second kappa shape index (κ2) is 6.19. The highest BCUT2D eigenvalue weighted by Crippen LogP contribution is 2.38. The number of nitrogens with zero attached hydrogens (tertiary/aromatic N) is 2. The first-order valence-electron chi connectivity index (χ1n) is 9.47. The van der Waals surface area contributed by atoms with E-state index in [0.717, 1.165) is 37.5 Å². The molecule has 3 nitrogen and oxygen atoms in total. The van der Waals surface area contributed by atoms with Gasteiger partial charge in [-0.25, -0.2) is 4.98 Å². The van der Waals surface area contributed by atoms with Gasteiger partial charge in [-0.3, -0.25) is 0 Å². The number of hydrogen-bond acceptors (Lipinski definition) is 3. The third-order valence-electron chi connectivity index (χ3n) is 5.34. The molecule has 1 N–H and O–H groups in total. The van der Waals surface area contributed by atoms with Crippen molar-refractivity contribution in [1.82, 2.24) is 9.55 Å². The molecule has 6 aromatic rings. The molecule has 2 aromatic heterocycles. The van der Waals surface area contributed by atoms with Gasteiger partial charge in [0.15, 0.2) is 0 Å². The van der Waals surface area contributed by atoms with Crippen molar-refractivity contribution in [1.29, 1.82) is 0 Å². The van der Waals surface area contributed by atoms with Crippen molar-refractivity contribution in [2.75, 3.05) is 0 Å². The van der Waals surface area contributed by atoms with Crippen molar-refractivity contribution in [2.45, 2.75) is 0 Å². The summed E-state index contributed by atoms with van der Waals surface area (Å²) in [5.41, 5.74) is 4.90. The number of benzene rings is 4. The van der Waals surface area contributed by atoms with E-state index in [1.807, 2.05) is 42.5 Å². The van der Waals surface area contributed by atoms with Crippen LogP contribution in [0.3, 0.4) is 0 Å². The summed E-state index contributed by atoms with van der Waals surface area (Å²) in [6, 6.07) is 30.6. The summed E-state index contributed by atoms with van der Waals surface area (Å²) in [5, 5.41) is 14.1. The largest absolute Gasteiger partial charge is 0.507 e. The molecule has 0 unspecified atom stereocenters. The standard InChI is InChI=1S/C25H16N2OS/c28-23-15-16(13-14-19(23)25-26-20-9-3-6-12-24(20)29-25)27-21-10-4-1-7-17(21)18-8-2-5-11-22(18)27/h1-15,28H. The molecule has 4 heteroatoms. The van der Waals surface area contributed by atoms with Crippen LogP contribution in [0.2, 0.25) is 0 Å². The molecular weight excluding hydrogens is 376 g/mol. The number of phenols is 1. The monoisotopic (exact) mass is 392 g/mol. The Morgan fingerprint density at radius 1 is 0.724 bits per heavy atom. The van der Waals surface area contributed by atoms with Gasteiger partial charge in [0.25, 0.3) is 0 Å². The lowest BCUT2D eigenvalue weighted by Crippen LogP contribution is -1.94. The van der Waals surface area contributed by atoms with Gasteiger partial charge in [0.05, 0.1) is 26.8 Å². The highest BCUT2D eigenvalue weighted by atomic mass is 32.1. The lowest BCUT2D eigenvalue weighted by atomic mass is 10.2. The minimum absolute atomic E-state index is 0.239. The second-order valence-corrected chi connectivity index (χ2v) is 8.09. The zero-order valence-electron chi connectivity index (χ0n) is 15.4. The van der Waals surface area contributed by atoms with Gasteiger partial charge in [-0.15, -0.1) is 11.3 Å². The van der Waals surface area contributed by atoms with Crippen LogP contribution >= 0.6 is 11.3 Å². The first-order chi connectivity index (χ1) is 14.3. The first-order valence-corrected chi connectivity index (χ1v) is 10.3. The Morgan fingerprint density at radius 2 is 1.38 bits per heavy atom. The molecule has 29 heavy (non-hydrogen) atoms. The topological polar surface area (TPSA) is 38.0 Å². The van der Waals surface area contributed by atoms with Crippen LogP contribution in [0.15, 0.2) is 91.0 Å². The molecule has 2 heterocycles. The zero-order chi connectivity index (χ0) is 19.4. The van der Waals surface area contributed by atoms with E-state index in [9.17, 15) is 5.11 Å². The quantitative estimate of drug-likeness (QED) is 0.353. The fourth-order valence-corrected chi connectivity index (χ4v) is 5.03. The van der Waals surface area contributed by atoms with Crippen molar-refractivity contribution in [2.24, 2.45) is 0 Å². The Morgan fingerprint density at radius 3 is 2.07 bits per heavy atom. The minimum Gasteiger partial charge on any atom is -0.507 e. The van der Waals surface area contributed by atoms with Gasteiger partial charge < -0.3 is 9.67 Å². The molecule has 0 saturated carbocycles. The predicted molar refractivity (Wildman–Crippen MR) is 121 cm³/mol. The summed E-state index contributed by atoms with van der Waals surface area (Å²) in [4.78, 5) is 4.69. The van der Waals surface area contributed by atoms with Gasteiger partial charge in [0.1, 0.15) is 10.8 Å². The van der Waals surface area contributed by atoms with Gasteiger partial charge in [-0.1, -0.05) is 48.5 Å². The zero-order valence-corrected chi connectivity index (χ0v) is 16.2. The summed E-state index contributed by atoms with van der Waals surface area (Å²) in [6.45, 7) is 0. The first kappa shape index (κ1) is 16.3. The molecule has 6 rings (SSSR count). The number of hydrogen-bond donors (Lipinski definition) is 1. The van der Waals surface area contributed by atoms with Crippen LogP contribution < -0.4 is 0 Å². The maximum absolute atomic E-state index is 10.9. The van der Waals surface area contributed by atoms with Crippen LogP contribution in [0.1, 0.15) is 0 Å². The molecule has 4 aromatic carbocycles. The lowest BCUT2D eigenvalue weighted by Gasteiger charge is -2.10. The minimum atomic E-state index is 0.239. The maximum atomic E-state index is 10.9. The number of aromatic hydroxyl groups is 1. The van der Waals surface area contributed by atoms with Crippen molar-refractivity contribution in [3.63, 3.8) is 0 Å². The van der Waals surface area contributed by atoms with Crippen molar-refractivity contribution in [3.05, 3.63) is 91.0 Å². The van der Waals surface area contributed by atoms with Gasteiger partial charge in [-0.05, 0) is 36.4 Å². The Hall–Kier alpha value is -3.63.